The van der Waals surface area contributed by atoms with Crippen molar-refractivity contribution in [2.45, 2.75) is 11.6 Å². The molecule has 10 heteroatoms. The number of nitrogens with zero attached hydrogens (tertiary/aromatic N) is 3. The normalized spacial score (nSPS) is 11.3. The van der Waals surface area contributed by atoms with Crippen molar-refractivity contribution in [2.75, 3.05) is 23.9 Å². The van der Waals surface area contributed by atoms with Crippen LogP contribution in [0.25, 0.3) is 0 Å². The Balaban J connectivity index is 2.19. The zero-order valence-corrected chi connectivity index (χ0v) is 12.2. The second-order valence-corrected chi connectivity index (χ2v) is 5.69. The highest BCUT2D eigenvalue weighted by Crippen LogP contribution is 2.20. The van der Waals surface area contributed by atoms with Crippen LogP contribution in [0.1, 0.15) is 0 Å². The number of hydrogen-bond acceptors (Lipinski definition) is 7. The van der Waals surface area contributed by atoms with Crippen molar-refractivity contribution in [3.05, 3.63) is 30.7 Å². The fraction of sp³-hybridized carbons (Fsp3) is 0.273. The van der Waals surface area contributed by atoms with Gasteiger partial charge in [-0.15, -0.1) is 0 Å². The van der Waals surface area contributed by atoms with Gasteiger partial charge in [0.25, 0.3) is 10.0 Å². The van der Waals surface area contributed by atoms with Gasteiger partial charge < -0.3 is 10.2 Å². The van der Waals surface area contributed by atoms with Crippen molar-refractivity contribution >= 4 is 21.4 Å². The highest BCUT2D eigenvalue weighted by atomic mass is 32.2. The van der Waals surface area contributed by atoms with Gasteiger partial charge in [0, 0.05) is 19.5 Å². The van der Waals surface area contributed by atoms with Gasteiger partial charge in [-0.25, -0.2) is 4.98 Å². The summed E-state index contributed by atoms with van der Waals surface area (Å²) in [6.07, 6.45) is 4.35. The Morgan fingerprint density at radius 1 is 1.48 bits per heavy atom. The lowest BCUT2D eigenvalue weighted by molar-refractivity contribution is 0.183. The first-order chi connectivity index (χ1) is 10.1. The second kappa shape index (κ2) is 6.52. The van der Waals surface area contributed by atoms with Crippen LogP contribution in [0.5, 0.6) is 0 Å². The molecule has 0 radical (unpaired) electrons. The van der Waals surface area contributed by atoms with Gasteiger partial charge in [0.15, 0.2) is 0 Å². The SMILES string of the molecule is COCCn1cc(NS(=O)(=O)c2ncccc2NN)cn1. The van der Waals surface area contributed by atoms with Crippen molar-refractivity contribution < 1.29 is 13.2 Å². The maximum atomic E-state index is 12.3. The largest absolute Gasteiger partial charge is 0.383 e. The molecule has 2 rings (SSSR count). The van der Waals surface area contributed by atoms with Crippen molar-refractivity contribution in [3.63, 3.8) is 0 Å². The topological polar surface area (TPSA) is 124 Å². The number of nitrogens with one attached hydrogen (secondary N) is 2. The molecule has 0 spiro atoms. The summed E-state index contributed by atoms with van der Waals surface area (Å²) < 4.78 is 33.4. The van der Waals surface area contributed by atoms with Crippen LogP contribution in [0.3, 0.4) is 0 Å². The summed E-state index contributed by atoms with van der Waals surface area (Å²) in [5.41, 5.74) is 2.84. The third-order valence-corrected chi connectivity index (χ3v) is 3.93. The van der Waals surface area contributed by atoms with Crippen molar-refractivity contribution in [3.8, 4) is 0 Å². The van der Waals surface area contributed by atoms with Crippen LogP contribution in [0.2, 0.25) is 0 Å². The lowest BCUT2D eigenvalue weighted by Crippen LogP contribution is -2.18. The van der Waals surface area contributed by atoms with Crippen molar-refractivity contribution in [1.82, 2.24) is 14.8 Å². The molecule has 9 nitrogen and oxygen atoms in total. The van der Waals surface area contributed by atoms with E-state index < -0.39 is 10.0 Å². The molecule has 114 valence electrons. The molecule has 0 fully saturated rings. The molecule has 4 N–H and O–H groups in total. The van der Waals surface area contributed by atoms with E-state index in [2.05, 4.69) is 20.2 Å². The van der Waals surface area contributed by atoms with Crippen LogP contribution in [0.15, 0.2) is 35.7 Å². The van der Waals surface area contributed by atoms with Gasteiger partial charge in [0.1, 0.15) is 0 Å². The fourth-order valence-corrected chi connectivity index (χ4v) is 2.77. The molecule has 2 aromatic heterocycles. The molecule has 0 aliphatic heterocycles. The molecule has 0 atom stereocenters. The quantitative estimate of drug-likeness (QED) is 0.486. The zero-order chi connectivity index (χ0) is 15.3. The second-order valence-electron chi connectivity index (χ2n) is 4.09. The number of hydrogen-bond donors (Lipinski definition) is 3. The number of nitrogen functional groups attached to an aromatic ring is 1. The van der Waals surface area contributed by atoms with E-state index in [1.54, 1.807) is 24.1 Å². The molecule has 21 heavy (non-hydrogen) atoms. The van der Waals surface area contributed by atoms with Gasteiger partial charge in [0.2, 0.25) is 5.03 Å². The predicted octanol–water partition coefficient (Wildman–Crippen LogP) is 0.0109. The van der Waals surface area contributed by atoms with E-state index in [1.165, 1.54) is 18.5 Å². The first kappa shape index (κ1) is 15.2. The third-order valence-electron chi connectivity index (χ3n) is 2.59. The first-order valence-corrected chi connectivity index (χ1v) is 7.51. The average Bonchev–Trinajstić information content (AvgIpc) is 2.91. The number of anilines is 2. The molecular formula is C11H16N6O3S. The number of aromatic nitrogens is 3. The number of rotatable bonds is 7. The van der Waals surface area contributed by atoms with Gasteiger partial charge in [-0.1, -0.05) is 0 Å². The molecule has 2 aromatic rings. The number of hydrazine groups is 1. The smallest absolute Gasteiger partial charge is 0.281 e. The fourth-order valence-electron chi connectivity index (χ4n) is 1.64. The van der Waals surface area contributed by atoms with E-state index in [1.807, 2.05) is 0 Å². The van der Waals surface area contributed by atoms with Crippen LogP contribution in [0, 0.1) is 0 Å². The summed E-state index contributed by atoms with van der Waals surface area (Å²) in [6, 6.07) is 3.10. The lowest BCUT2D eigenvalue weighted by Gasteiger charge is -2.09. The monoisotopic (exact) mass is 312 g/mol. The van der Waals surface area contributed by atoms with Crippen LogP contribution < -0.4 is 16.0 Å². The molecule has 0 bridgehead atoms. The minimum atomic E-state index is -3.85. The van der Waals surface area contributed by atoms with Gasteiger partial charge in [0.05, 0.1) is 30.7 Å². The number of ether oxygens (including phenoxy) is 1. The Kier molecular flexibility index (Phi) is 4.73. The number of sulfonamides is 1. The van der Waals surface area contributed by atoms with Gasteiger partial charge in [-0.05, 0) is 12.1 Å². The molecule has 0 saturated carbocycles. The summed E-state index contributed by atoms with van der Waals surface area (Å²) in [5.74, 6) is 5.29. The molecule has 0 unspecified atom stereocenters. The van der Waals surface area contributed by atoms with Crippen LogP contribution in [-0.2, 0) is 21.3 Å². The van der Waals surface area contributed by atoms with Crippen LogP contribution in [0.4, 0.5) is 11.4 Å². The molecule has 0 aliphatic rings. The van der Waals surface area contributed by atoms with E-state index in [0.717, 1.165) is 0 Å². The molecule has 0 saturated heterocycles. The third kappa shape index (κ3) is 3.68. The molecular weight excluding hydrogens is 296 g/mol. The average molecular weight is 312 g/mol. The Morgan fingerprint density at radius 3 is 3.00 bits per heavy atom. The van der Waals surface area contributed by atoms with Gasteiger partial charge >= 0.3 is 0 Å². The van der Waals surface area contributed by atoms with E-state index in [9.17, 15) is 8.42 Å². The van der Waals surface area contributed by atoms with E-state index >= 15 is 0 Å². The molecule has 0 aliphatic carbocycles. The molecule has 0 aromatic carbocycles. The number of pyridine rings is 1. The summed E-state index contributed by atoms with van der Waals surface area (Å²) in [7, 11) is -2.27. The molecule has 2 heterocycles. The highest BCUT2D eigenvalue weighted by Gasteiger charge is 2.20. The summed E-state index contributed by atoms with van der Waals surface area (Å²) >= 11 is 0. The highest BCUT2D eigenvalue weighted by molar-refractivity contribution is 7.92. The predicted molar refractivity (Wildman–Crippen MR) is 77.0 cm³/mol. The lowest BCUT2D eigenvalue weighted by atomic mass is 10.4. The standard InChI is InChI=1S/C11H16N6O3S/c1-20-6-5-17-8-9(7-14-17)16-21(18,19)11-10(15-12)3-2-4-13-11/h2-4,7-8,15-16H,5-6,12H2,1H3. The zero-order valence-electron chi connectivity index (χ0n) is 11.4. The van der Waals surface area contributed by atoms with E-state index in [0.29, 0.717) is 18.8 Å². The van der Waals surface area contributed by atoms with Crippen molar-refractivity contribution in [1.29, 1.82) is 0 Å². The minimum absolute atomic E-state index is 0.183. The van der Waals surface area contributed by atoms with Gasteiger partial charge in [-0.2, -0.15) is 13.5 Å². The van der Waals surface area contributed by atoms with Crippen molar-refractivity contribution in [2.24, 2.45) is 5.84 Å². The minimum Gasteiger partial charge on any atom is -0.383 e. The number of nitrogens with two attached hydrogens (primary N) is 1. The number of methoxy groups -OCH3 is 1. The van der Waals surface area contributed by atoms with E-state index in [-0.39, 0.29) is 10.7 Å². The maximum Gasteiger partial charge on any atom is 0.281 e. The summed E-state index contributed by atoms with van der Waals surface area (Å²) in [5, 5.41) is 3.84. The summed E-state index contributed by atoms with van der Waals surface area (Å²) in [4.78, 5) is 3.83. The molecule has 0 amide bonds. The maximum absolute atomic E-state index is 12.3. The van der Waals surface area contributed by atoms with Crippen LogP contribution in [-0.4, -0.2) is 36.9 Å². The Labute approximate surface area is 122 Å². The summed E-state index contributed by atoms with van der Waals surface area (Å²) in [6.45, 7) is 1.01. The van der Waals surface area contributed by atoms with Gasteiger partial charge in [-0.3, -0.25) is 15.2 Å². The Bertz CT molecular complexity index is 699. The Hall–Kier alpha value is -2.17. The first-order valence-electron chi connectivity index (χ1n) is 6.02. The Morgan fingerprint density at radius 2 is 2.29 bits per heavy atom. The van der Waals surface area contributed by atoms with Crippen LogP contribution >= 0.6 is 0 Å². The van der Waals surface area contributed by atoms with E-state index in [4.69, 9.17) is 10.6 Å².